The molecule has 4 heteroatoms. The fourth-order valence-corrected chi connectivity index (χ4v) is 2.14. The van der Waals surface area contributed by atoms with Crippen molar-refractivity contribution >= 4 is 16.9 Å². The van der Waals surface area contributed by atoms with Gasteiger partial charge in [-0.15, -0.1) is 0 Å². The van der Waals surface area contributed by atoms with E-state index in [4.69, 9.17) is 4.42 Å². The van der Waals surface area contributed by atoms with Crippen LogP contribution in [-0.2, 0) is 6.42 Å². The highest BCUT2D eigenvalue weighted by molar-refractivity contribution is 5.93. The summed E-state index contributed by atoms with van der Waals surface area (Å²) < 4.78 is 5.47. The summed E-state index contributed by atoms with van der Waals surface area (Å²) in [5, 5.41) is 3.98. The lowest BCUT2D eigenvalue weighted by Crippen LogP contribution is -2.25. The molecule has 100 valence electrons. The summed E-state index contributed by atoms with van der Waals surface area (Å²) >= 11 is 0. The summed E-state index contributed by atoms with van der Waals surface area (Å²) in [6.07, 6.45) is 5.70. The lowest BCUT2D eigenvalue weighted by atomic mass is 10.1. The Kier molecular flexibility index (Phi) is 3.46. The number of rotatable bonds is 4. The summed E-state index contributed by atoms with van der Waals surface area (Å²) in [5.74, 6) is -0.106. The third-order valence-corrected chi connectivity index (χ3v) is 3.16. The number of pyridine rings is 1. The standard InChI is InChI=1S/C16H14N2O2/c19-16(12-4-3-8-17-10-12)18-9-7-13-11-20-15-6-2-1-5-14(13)15/h1-6,8,10-11H,7,9H2,(H,18,19). The van der Waals surface area contributed by atoms with Gasteiger partial charge in [0, 0.05) is 24.3 Å². The third kappa shape index (κ3) is 2.54. The van der Waals surface area contributed by atoms with Crippen molar-refractivity contribution in [3.05, 3.63) is 66.2 Å². The SMILES string of the molecule is O=C(NCCc1coc2ccccc12)c1cccnc1. The number of hydrogen-bond donors (Lipinski definition) is 1. The second-order valence-corrected chi connectivity index (χ2v) is 4.50. The van der Waals surface area contributed by atoms with Gasteiger partial charge in [0.25, 0.3) is 5.91 Å². The van der Waals surface area contributed by atoms with Crippen LogP contribution in [-0.4, -0.2) is 17.4 Å². The lowest BCUT2D eigenvalue weighted by molar-refractivity contribution is 0.0954. The molecular formula is C16H14N2O2. The van der Waals surface area contributed by atoms with Crippen molar-refractivity contribution in [1.29, 1.82) is 0 Å². The number of carbonyl (C=O) groups excluding carboxylic acids is 1. The molecule has 2 heterocycles. The number of fused-ring (bicyclic) bond motifs is 1. The van der Waals surface area contributed by atoms with Gasteiger partial charge in [0.05, 0.1) is 11.8 Å². The first-order valence-corrected chi connectivity index (χ1v) is 6.48. The van der Waals surface area contributed by atoms with E-state index in [1.807, 2.05) is 24.3 Å². The molecule has 2 aromatic heterocycles. The fraction of sp³-hybridized carbons (Fsp3) is 0.125. The highest BCUT2D eigenvalue weighted by Crippen LogP contribution is 2.20. The molecule has 0 spiro atoms. The summed E-state index contributed by atoms with van der Waals surface area (Å²) in [7, 11) is 0. The summed E-state index contributed by atoms with van der Waals surface area (Å²) in [4.78, 5) is 15.8. The Bertz CT molecular complexity index is 719. The van der Waals surface area contributed by atoms with Crippen molar-refractivity contribution in [1.82, 2.24) is 10.3 Å². The molecule has 0 atom stereocenters. The van der Waals surface area contributed by atoms with Crippen LogP contribution in [0.15, 0.2) is 59.5 Å². The van der Waals surface area contributed by atoms with E-state index in [9.17, 15) is 4.79 Å². The molecule has 0 aliphatic heterocycles. The molecule has 0 aliphatic rings. The molecule has 3 aromatic rings. The topological polar surface area (TPSA) is 55.1 Å². The second-order valence-electron chi connectivity index (χ2n) is 4.50. The summed E-state index contributed by atoms with van der Waals surface area (Å²) in [6.45, 7) is 0.567. The molecule has 0 bridgehead atoms. The van der Waals surface area contributed by atoms with Crippen LogP contribution in [0.4, 0.5) is 0 Å². The summed E-state index contributed by atoms with van der Waals surface area (Å²) in [6, 6.07) is 11.4. The molecule has 0 saturated carbocycles. The Morgan fingerprint density at radius 3 is 2.95 bits per heavy atom. The van der Waals surface area contributed by atoms with Gasteiger partial charge >= 0.3 is 0 Å². The van der Waals surface area contributed by atoms with E-state index >= 15 is 0 Å². The van der Waals surface area contributed by atoms with Crippen LogP contribution in [0.5, 0.6) is 0 Å². The van der Waals surface area contributed by atoms with Crippen LogP contribution in [0.1, 0.15) is 15.9 Å². The molecule has 0 aliphatic carbocycles. The van der Waals surface area contributed by atoms with Crippen molar-refractivity contribution < 1.29 is 9.21 Å². The number of hydrogen-bond acceptors (Lipinski definition) is 3. The minimum Gasteiger partial charge on any atom is -0.464 e. The molecule has 3 rings (SSSR count). The highest BCUT2D eigenvalue weighted by atomic mass is 16.3. The Labute approximate surface area is 116 Å². The number of benzene rings is 1. The van der Waals surface area contributed by atoms with Gasteiger partial charge in [-0.1, -0.05) is 18.2 Å². The molecule has 0 radical (unpaired) electrons. The van der Waals surface area contributed by atoms with Crippen molar-refractivity contribution in [2.24, 2.45) is 0 Å². The molecule has 20 heavy (non-hydrogen) atoms. The molecule has 1 N–H and O–H groups in total. The number of para-hydroxylation sites is 1. The molecule has 0 fully saturated rings. The van der Waals surface area contributed by atoms with Crippen LogP contribution in [0, 0.1) is 0 Å². The van der Waals surface area contributed by atoms with Gasteiger partial charge in [-0.2, -0.15) is 0 Å². The molecule has 0 unspecified atom stereocenters. The molecule has 1 aromatic carbocycles. The van der Waals surface area contributed by atoms with E-state index in [1.165, 1.54) is 0 Å². The largest absolute Gasteiger partial charge is 0.464 e. The average Bonchev–Trinajstić information content (AvgIpc) is 2.92. The van der Waals surface area contributed by atoms with E-state index in [1.54, 1.807) is 30.8 Å². The van der Waals surface area contributed by atoms with Gasteiger partial charge in [-0.3, -0.25) is 9.78 Å². The number of furan rings is 1. The van der Waals surface area contributed by atoms with Crippen molar-refractivity contribution in [3.8, 4) is 0 Å². The van der Waals surface area contributed by atoms with E-state index in [2.05, 4.69) is 10.3 Å². The normalized spacial score (nSPS) is 10.6. The van der Waals surface area contributed by atoms with E-state index in [0.29, 0.717) is 12.1 Å². The molecule has 0 saturated heterocycles. The van der Waals surface area contributed by atoms with Gasteiger partial charge in [-0.25, -0.2) is 0 Å². The first kappa shape index (κ1) is 12.4. The zero-order chi connectivity index (χ0) is 13.8. The average molecular weight is 266 g/mol. The Morgan fingerprint density at radius 1 is 1.20 bits per heavy atom. The Balaban J connectivity index is 1.62. The van der Waals surface area contributed by atoms with Crippen molar-refractivity contribution in [2.75, 3.05) is 6.54 Å². The molecular weight excluding hydrogens is 252 g/mol. The summed E-state index contributed by atoms with van der Waals surface area (Å²) in [5.41, 5.74) is 2.55. The lowest BCUT2D eigenvalue weighted by Gasteiger charge is -2.03. The number of aromatic nitrogens is 1. The highest BCUT2D eigenvalue weighted by Gasteiger charge is 2.07. The van der Waals surface area contributed by atoms with E-state index in [0.717, 1.165) is 23.0 Å². The van der Waals surface area contributed by atoms with Crippen LogP contribution < -0.4 is 5.32 Å². The van der Waals surface area contributed by atoms with Gasteiger partial charge in [0.2, 0.25) is 0 Å². The monoisotopic (exact) mass is 266 g/mol. The van der Waals surface area contributed by atoms with Crippen LogP contribution in [0.2, 0.25) is 0 Å². The minimum atomic E-state index is -0.106. The Hall–Kier alpha value is -2.62. The minimum absolute atomic E-state index is 0.106. The maximum atomic E-state index is 11.9. The zero-order valence-corrected chi connectivity index (χ0v) is 10.9. The van der Waals surface area contributed by atoms with Gasteiger partial charge in [0.1, 0.15) is 5.58 Å². The maximum absolute atomic E-state index is 11.9. The van der Waals surface area contributed by atoms with Crippen LogP contribution >= 0.6 is 0 Å². The number of amides is 1. The van der Waals surface area contributed by atoms with Crippen molar-refractivity contribution in [2.45, 2.75) is 6.42 Å². The quantitative estimate of drug-likeness (QED) is 0.790. The fourth-order valence-electron chi connectivity index (χ4n) is 2.14. The second kappa shape index (κ2) is 5.57. The molecule has 4 nitrogen and oxygen atoms in total. The van der Waals surface area contributed by atoms with Crippen LogP contribution in [0.25, 0.3) is 11.0 Å². The van der Waals surface area contributed by atoms with Gasteiger partial charge < -0.3 is 9.73 Å². The predicted molar refractivity (Wildman–Crippen MR) is 76.5 cm³/mol. The predicted octanol–water partition coefficient (Wildman–Crippen LogP) is 2.80. The Morgan fingerprint density at radius 2 is 2.10 bits per heavy atom. The number of nitrogens with zero attached hydrogens (tertiary/aromatic N) is 1. The van der Waals surface area contributed by atoms with E-state index in [-0.39, 0.29) is 5.91 Å². The third-order valence-electron chi connectivity index (χ3n) is 3.16. The van der Waals surface area contributed by atoms with Crippen LogP contribution in [0.3, 0.4) is 0 Å². The molecule has 1 amide bonds. The number of carbonyl (C=O) groups is 1. The van der Waals surface area contributed by atoms with Gasteiger partial charge in [0.15, 0.2) is 0 Å². The zero-order valence-electron chi connectivity index (χ0n) is 10.9. The first-order valence-electron chi connectivity index (χ1n) is 6.48. The van der Waals surface area contributed by atoms with Gasteiger partial charge in [-0.05, 0) is 30.2 Å². The number of nitrogens with one attached hydrogen (secondary N) is 1. The van der Waals surface area contributed by atoms with Crippen molar-refractivity contribution in [3.63, 3.8) is 0 Å². The smallest absolute Gasteiger partial charge is 0.252 e. The first-order chi connectivity index (χ1) is 9.84. The maximum Gasteiger partial charge on any atom is 0.252 e. The van der Waals surface area contributed by atoms with E-state index < -0.39 is 0 Å².